The van der Waals surface area contributed by atoms with Crippen LogP contribution in [0.3, 0.4) is 0 Å². The van der Waals surface area contributed by atoms with Crippen molar-refractivity contribution in [3.63, 3.8) is 0 Å². The van der Waals surface area contributed by atoms with Gasteiger partial charge in [0.15, 0.2) is 0 Å². The molecule has 0 bridgehead atoms. The molecule has 0 spiro atoms. The van der Waals surface area contributed by atoms with Gasteiger partial charge < -0.3 is 14.3 Å². The van der Waals surface area contributed by atoms with Gasteiger partial charge in [-0.2, -0.15) is 0 Å². The summed E-state index contributed by atoms with van der Waals surface area (Å²) in [5, 5.41) is 1.53. The van der Waals surface area contributed by atoms with Crippen molar-refractivity contribution in [2.75, 3.05) is 13.7 Å². The highest BCUT2D eigenvalue weighted by Gasteiger charge is 2.60. The Bertz CT molecular complexity index is 627. The second-order valence-electron chi connectivity index (χ2n) is 5.30. The van der Waals surface area contributed by atoms with Crippen LogP contribution in [0.5, 0.6) is 0 Å². The van der Waals surface area contributed by atoms with E-state index in [0.29, 0.717) is 12.0 Å². The highest BCUT2D eigenvalue weighted by Crippen LogP contribution is 2.45. The third-order valence-electron chi connectivity index (χ3n) is 4.07. The highest BCUT2D eigenvalue weighted by atomic mass is 16.7. The fraction of sp³-hybridized carbons (Fsp3) is 0.375. The number of nitrogens with zero attached hydrogens (tertiary/aromatic N) is 1. The SMILES string of the molecule is COC(=O)C1=CON2[C@@H](C)CCOC(=O)C12c1ccccc1. The molecule has 0 aliphatic carbocycles. The van der Waals surface area contributed by atoms with E-state index in [1.165, 1.54) is 18.4 Å². The van der Waals surface area contributed by atoms with Crippen molar-refractivity contribution in [2.24, 2.45) is 0 Å². The minimum Gasteiger partial charge on any atom is -0.465 e. The Balaban J connectivity index is 2.23. The first-order chi connectivity index (χ1) is 10.6. The van der Waals surface area contributed by atoms with E-state index in [0.717, 1.165) is 0 Å². The van der Waals surface area contributed by atoms with Crippen molar-refractivity contribution in [2.45, 2.75) is 24.9 Å². The van der Waals surface area contributed by atoms with Gasteiger partial charge in [-0.25, -0.2) is 9.59 Å². The number of benzene rings is 1. The van der Waals surface area contributed by atoms with E-state index in [9.17, 15) is 9.59 Å². The van der Waals surface area contributed by atoms with Gasteiger partial charge in [-0.1, -0.05) is 30.3 Å². The normalized spacial score (nSPS) is 28.0. The Labute approximate surface area is 128 Å². The van der Waals surface area contributed by atoms with E-state index in [1.807, 2.05) is 13.0 Å². The number of cyclic esters (lactones) is 1. The largest absolute Gasteiger partial charge is 0.465 e. The molecule has 0 N–H and O–H groups in total. The molecule has 0 saturated carbocycles. The lowest BCUT2D eigenvalue weighted by molar-refractivity contribution is -0.191. The molecule has 2 heterocycles. The Kier molecular flexibility index (Phi) is 3.62. The Hall–Kier alpha value is -2.34. The fourth-order valence-corrected chi connectivity index (χ4v) is 2.96. The molecular weight excluding hydrogens is 286 g/mol. The molecule has 1 saturated heterocycles. The average Bonchev–Trinajstić information content (AvgIpc) is 2.90. The predicted molar refractivity (Wildman–Crippen MR) is 76.2 cm³/mol. The van der Waals surface area contributed by atoms with Crippen LogP contribution in [0.2, 0.25) is 0 Å². The maximum Gasteiger partial charge on any atom is 0.339 e. The van der Waals surface area contributed by atoms with Gasteiger partial charge in [-0.3, -0.25) is 0 Å². The lowest BCUT2D eigenvalue weighted by Gasteiger charge is -2.36. The summed E-state index contributed by atoms with van der Waals surface area (Å²) in [5.41, 5.74) is -0.688. The molecule has 1 aromatic carbocycles. The summed E-state index contributed by atoms with van der Waals surface area (Å²) in [7, 11) is 1.27. The van der Waals surface area contributed by atoms with Crippen LogP contribution in [0.15, 0.2) is 42.2 Å². The minimum absolute atomic E-state index is 0.106. The summed E-state index contributed by atoms with van der Waals surface area (Å²) in [6.07, 6.45) is 1.89. The van der Waals surface area contributed by atoms with Crippen LogP contribution in [-0.2, 0) is 29.4 Å². The van der Waals surface area contributed by atoms with Crippen molar-refractivity contribution in [1.82, 2.24) is 5.06 Å². The van der Waals surface area contributed by atoms with Gasteiger partial charge in [0.2, 0.25) is 5.54 Å². The van der Waals surface area contributed by atoms with Gasteiger partial charge in [0.25, 0.3) is 0 Å². The quantitative estimate of drug-likeness (QED) is 0.772. The maximum absolute atomic E-state index is 12.8. The van der Waals surface area contributed by atoms with Crippen molar-refractivity contribution in [1.29, 1.82) is 0 Å². The minimum atomic E-state index is -1.43. The number of ether oxygens (including phenoxy) is 2. The summed E-state index contributed by atoms with van der Waals surface area (Å²) < 4.78 is 10.2. The van der Waals surface area contributed by atoms with Crippen LogP contribution < -0.4 is 0 Å². The van der Waals surface area contributed by atoms with E-state index < -0.39 is 17.5 Å². The zero-order valence-electron chi connectivity index (χ0n) is 12.4. The van der Waals surface area contributed by atoms with Crippen LogP contribution in [0, 0.1) is 0 Å². The van der Waals surface area contributed by atoms with E-state index in [1.54, 1.807) is 24.3 Å². The topological polar surface area (TPSA) is 65.1 Å². The van der Waals surface area contributed by atoms with Gasteiger partial charge in [0.1, 0.15) is 11.8 Å². The molecule has 2 aliphatic rings. The number of methoxy groups -OCH3 is 1. The molecule has 0 aromatic heterocycles. The highest BCUT2D eigenvalue weighted by molar-refractivity contribution is 6.02. The molecule has 2 aliphatic heterocycles. The lowest BCUT2D eigenvalue weighted by Crippen LogP contribution is -2.53. The predicted octanol–water partition coefficient (Wildman–Crippen LogP) is 1.52. The Morgan fingerprint density at radius 3 is 2.77 bits per heavy atom. The monoisotopic (exact) mass is 303 g/mol. The molecule has 116 valence electrons. The third kappa shape index (κ3) is 1.91. The van der Waals surface area contributed by atoms with Crippen LogP contribution in [0.4, 0.5) is 0 Å². The van der Waals surface area contributed by atoms with Gasteiger partial charge in [-0.05, 0) is 12.5 Å². The molecule has 22 heavy (non-hydrogen) atoms. The number of fused-ring (bicyclic) bond motifs is 1. The Morgan fingerprint density at radius 1 is 1.36 bits per heavy atom. The number of carbonyl (C=O) groups is 2. The number of hydrogen-bond donors (Lipinski definition) is 0. The second kappa shape index (κ2) is 5.46. The first-order valence-electron chi connectivity index (χ1n) is 7.10. The molecule has 3 rings (SSSR count). The lowest BCUT2D eigenvalue weighted by atomic mass is 9.82. The van der Waals surface area contributed by atoms with Gasteiger partial charge in [0.05, 0.1) is 13.7 Å². The number of carbonyl (C=O) groups excluding carboxylic acids is 2. The van der Waals surface area contributed by atoms with Crippen LogP contribution >= 0.6 is 0 Å². The third-order valence-corrected chi connectivity index (χ3v) is 4.07. The van der Waals surface area contributed by atoms with Crippen molar-refractivity contribution < 1.29 is 23.9 Å². The molecular formula is C16H17NO5. The van der Waals surface area contributed by atoms with Gasteiger partial charge in [0, 0.05) is 12.5 Å². The fourth-order valence-electron chi connectivity index (χ4n) is 2.96. The first-order valence-corrected chi connectivity index (χ1v) is 7.10. The number of rotatable bonds is 2. The standard InChI is InChI=1S/C16H17NO5/c1-11-8-9-21-15(19)16(12-6-4-3-5-7-12)13(14(18)20-2)10-22-17(11)16/h3-7,10-11H,8-9H2,1-2H3/t11-,16?/m0/s1. The first kappa shape index (κ1) is 14.6. The van der Waals surface area contributed by atoms with Crippen LogP contribution in [-0.4, -0.2) is 36.8 Å². The molecule has 1 fully saturated rings. The van der Waals surface area contributed by atoms with E-state index in [-0.39, 0.29) is 18.2 Å². The molecule has 6 nitrogen and oxygen atoms in total. The van der Waals surface area contributed by atoms with E-state index >= 15 is 0 Å². The summed E-state index contributed by atoms with van der Waals surface area (Å²) in [6.45, 7) is 2.20. The Morgan fingerprint density at radius 2 is 2.09 bits per heavy atom. The van der Waals surface area contributed by atoms with E-state index in [2.05, 4.69) is 0 Å². The van der Waals surface area contributed by atoms with Crippen molar-refractivity contribution >= 4 is 11.9 Å². The molecule has 2 atom stereocenters. The molecule has 0 amide bonds. The van der Waals surface area contributed by atoms with Crippen molar-refractivity contribution in [3.8, 4) is 0 Å². The summed E-state index contributed by atoms with van der Waals surface area (Å²) >= 11 is 0. The van der Waals surface area contributed by atoms with Crippen molar-refractivity contribution in [3.05, 3.63) is 47.7 Å². The van der Waals surface area contributed by atoms with Gasteiger partial charge in [-0.15, -0.1) is 5.06 Å². The number of esters is 2. The van der Waals surface area contributed by atoms with Crippen LogP contribution in [0.1, 0.15) is 18.9 Å². The zero-order chi connectivity index (χ0) is 15.7. The molecule has 6 heteroatoms. The summed E-state index contributed by atoms with van der Waals surface area (Å²) in [4.78, 5) is 30.6. The maximum atomic E-state index is 12.8. The summed E-state index contributed by atoms with van der Waals surface area (Å²) in [5.74, 6) is -1.14. The molecule has 0 radical (unpaired) electrons. The zero-order valence-corrected chi connectivity index (χ0v) is 12.4. The second-order valence-corrected chi connectivity index (χ2v) is 5.30. The molecule has 1 aromatic rings. The number of hydrogen-bond acceptors (Lipinski definition) is 6. The summed E-state index contributed by atoms with van der Waals surface area (Å²) in [6, 6.07) is 8.89. The smallest absolute Gasteiger partial charge is 0.339 e. The van der Waals surface area contributed by atoms with E-state index in [4.69, 9.17) is 14.3 Å². The van der Waals surface area contributed by atoms with Crippen LogP contribution in [0.25, 0.3) is 0 Å². The number of hydroxylamine groups is 2. The van der Waals surface area contributed by atoms with Gasteiger partial charge >= 0.3 is 11.9 Å². The average molecular weight is 303 g/mol. The molecule has 1 unspecified atom stereocenters.